The fourth-order valence-corrected chi connectivity index (χ4v) is 3.41. The van der Waals surface area contributed by atoms with E-state index in [1.807, 2.05) is 55.5 Å². The minimum atomic E-state index is -0.275. The summed E-state index contributed by atoms with van der Waals surface area (Å²) in [6, 6.07) is 15.3. The third-order valence-electron chi connectivity index (χ3n) is 4.48. The SMILES string of the molecule is Cc1cccc(NC(=O)C(c2ccc(Cl)cc2)N2CCCCC2)c1. The third kappa shape index (κ3) is 4.16. The number of amides is 1. The van der Waals surface area contributed by atoms with E-state index in [4.69, 9.17) is 11.6 Å². The van der Waals surface area contributed by atoms with Crippen LogP contribution in [-0.4, -0.2) is 23.9 Å². The molecule has 1 aliphatic rings. The largest absolute Gasteiger partial charge is 0.324 e. The highest BCUT2D eigenvalue weighted by Gasteiger charge is 2.28. The summed E-state index contributed by atoms with van der Waals surface area (Å²) in [5.74, 6) is 0.0184. The van der Waals surface area contributed by atoms with Crippen LogP contribution in [0.2, 0.25) is 5.02 Å². The molecule has 0 bridgehead atoms. The van der Waals surface area contributed by atoms with Crippen molar-refractivity contribution in [1.82, 2.24) is 4.90 Å². The molecule has 1 amide bonds. The molecule has 1 saturated heterocycles. The monoisotopic (exact) mass is 342 g/mol. The summed E-state index contributed by atoms with van der Waals surface area (Å²) in [7, 11) is 0. The smallest absolute Gasteiger partial charge is 0.246 e. The second-order valence-electron chi connectivity index (χ2n) is 6.41. The fourth-order valence-electron chi connectivity index (χ4n) is 3.28. The van der Waals surface area contributed by atoms with Crippen molar-refractivity contribution in [2.24, 2.45) is 0 Å². The summed E-state index contributed by atoms with van der Waals surface area (Å²) in [5.41, 5.74) is 2.97. The number of carbonyl (C=O) groups excluding carboxylic acids is 1. The topological polar surface area (TPSA) is 32.3 Å². The number of anilines is 1. The molecule has 2 aromatic rings. The van der Waals surface area contributed by atoms with Gasteiger partial charge in [0.25, 0.3) is 0 Å². The number of rotatable bonds is 4. The van der Waals surface area contributed by atoms with Crippen molar-refractivity contribution in [3.05, 3.63) is 64.7 Å². The quantitative estimate of drug-likeness (QED) is 0.864. The summed E-state index contributed by atoms with van der Waals surface area (Å²) in [5, 5.41) is 3.77. The van der Waals surface area contributed by atoms with Crippen LogP contribution in [0.3, 0.4) is 0 Å². The lowest BCUT2D eigenvalue weighted by atomic mass is 10.0. The van der Waals surface area contributed by atoms with Crippen LogP contribution in [0, 0.1) is 6.92 Å². The molecule has 1 unspecified atom stereocenters. The van der Waals surface area contributed by atoms with Crippen LogP contribution in [0.25, 0.3) is 0 Å². The first-order valence-electron chi connectivity index (χ1n) is 8.50. The summed E-state index contributed by atoms with van der Waals surface area (Å²) in [6.45, 7) is 3.93. The number of hydrogen-bond donors (Lipinski definition) is 1. The molecule has 3 rings (SSSR count). The Labute approximate surface area is 148 Å². The second kappa shape index (κ2) is 7.82. The normalized spacial score (nSPS) is 16.6. The van der Waals surface area contributed by atoms with E-state index in [0.29, 0.717) is 5.02 Å². The fraction of sp³-hybridized carbons (Fsp3) is 0.350. The van der Waals surface area contributed by atoms with Crippen molar-refractivity contribution < 1.29 is 4.79 Å². The minimum absolute atomic E-state index is 0.0184. The molecule has 4 heteroatoms. The Morgan fingerprint density at radius 3 is 2.46 bits per heavy atom. The van der Waals surface area contributed by atoms with Crippen LogP contribution < -0.4 is 5.32 Å². The molecule has 1 N–H and O–H groups in total. The number of nitrogens with zero attached hydrogens (tertiary/aromatic N) is 1. The number of carbonyl (C=O) groups is 1. The van der Waals surface area contributed by atoms with Gasteiger partial charge in [-0.15, -0.1) is 0 Å². The average Bonchev–Trinajstić information content (AvgIpc) is 2.58. The zero-order chi connectivity index (χ0) is 16.9. The summed E-state index contributed by atoms with van der Waals surface area (Å²) < 4.78 is 0. The van der Waals surface area contributed by atoms with E-state index in [2.05, 4.69) is 10.2 Å². The first-order chi connectivity index (χ1) is 11.6. The lowest BCUT2D eigenvalue weighted by Gasteiger charge is -2.34. The molecule has 24 heavy (non-hydrogen) atoms. The zero-order valence-corrected chi connectivity index (χ0v) is 14.7. The first kappa shape index (κ1) is 17.0. The molecule has 0 radical (unpaired) electrons. The van der Waals surface area contributed by atoms with Gasteiger partial charge >= 0.3 is 0 Å². The van der Waals surface area contributed by atoms with E-state index in [9.17, 15) is 4.79 Å². The van der Waals surface area contributed by atoms with Gasteiger partial charge in [-0.1, -0.05) is 42.3 Å². The molecule has 0 saturated carbocycles. The van der Waals surface area contributed by atoms with Crippen LogP contribution in [-0.2, 0) is 4.79 Å². The molecule has 0 aromatic heterocycles. The molecule has 1 heterocycles. The van der Waals surface area contributed by atoms with Crippen LogP contribution in [0.1, 0.15) is 36.4 Å². The summed E-state index contributed by atoms with van der Waals surface area (Å²) in [4.78, 5) is 15.3. The van der Waals surface area contributed by atoms with Gasteiger partial charge in [0.15, 0.2) is 0 Å². The highest BCUT2D eigenvalue weighted by atomic mass is 35.5. The molecule has 1 fully saturated rings. The van der Waals surface area contributed by atoms with Crippen LogP contribution in [0.4, 0.5) is 5.69 Å². The van der Waals surface area contributed by atoms with Crippen LogP contribution in [0.15, 0.2) is 48.5 Å². The Morgan fingerprint density at radius 2 is 1.79 bits per heavy atom. The molecule has 1 aliphatic heterocycles. The maximum Gasteiger partial charge on any atom is 0.246 e. The predicted octanol–water partition coefficient (Wildman–Crippen LogP) is 4.81. The Balaban J connectivity index is 1.85. The van der Waals surface area contributed by atoms with Gasteiger partial charge in [-0.3, -0.25) is 9.69 Å². The second-order valence-corrected chi connectivity index (χ2v) is 6.85. The lowest BCUT2D eigenvalue weighted by Crippen LogP contribution is -2.40. The maximum absolute atomic E-state index is 13.0. The van der Waals surface area contributed by atoms with Crippen LogP contribution >= 0.6 is 11.6 Å². The van der Waals surface area contributed by atoms with Crippen molar-refractivity contribution in [1.29, 1.82) is 0 Å². The number of aryl methyl sites for hydroxylation is 1. The number of likely N-dealkylation sites (tertiary alicyclic amines) is 1. The third-order valence-corrected chi connectivity index (χ3v) is 4.73. The molecule has 0 aliphatic carbocycles. The van der Waals surface area contributed by atoms with Crippen molar-refractivity contribution >= 4 is 23.2 Å². The maximum atomic E-state index is 13.0. The van der Waals surface area contributed by atoms with Gasteiger partial charge in [0, 0.05) is 10.7 Å². The van der Waals surface area contributed by atoms with E-state index in [-0.39, 0.29) is 11.9 Å². The number of halogens is 1. The van der Waals surface area contributed by atoms with Gasteiger partial charge in [-0.2, -0.15) is 0 Å². The van der Waals surface area contributed by atoms with E-state index in [0.717, 1.165) is 42.7 Å². The molecule has 126 valence electrons. The molecular weight excluding hydrogens is 320 g/mol. The zero-order valence-electron chi connectivity index (χ0n) is 14.0. The van der Waals surface area contributed by atoms with Crippen LogP contribution in [0.5, 0.6) is 0 Å². The van der Waals surface area contributed by atoms with Crippen molar-refractivity contribution in [3.63, 3.8) is 0 Å². The van der Waals surface area contributed by atoms with E-state index in [1.165, 1.54) is 6.42 Å². The molecule has 0 spiro atoms. The molecule has 3 nitrogen and oxygen atoms in total. The van der Waals surface area contributed by atoms with Gasteiger partial charge in [0.2, 0.25) is 5.91 Å². The highest BCUT2D eigenvalue weighted by Crippen LogP contribution is 2.27. The van der Waals surface area contributed by atoms with Crippen molar-refractivity contribution in [2.75, 3.05) is 18.4 Å². The predicted molar refractivity (Wildman–Crippen MR) is 99.4 cm³/mol. The Morgan fingerprint density at radius 1 is 1.08 bits per heavy atom. The van der Waals surface area contributed by atoms with Crippen molar-refractivity contribution in [3.8, 4) is 0 Å². The average molecular weight is 343 g/mol. The van der Waals surface area contributed by atoms with E-state index >= 15 is 0 Å². The number of benzene rings is 2. The first-order valence-corrected chi connectivity index (χ1v) is 8.88. The van der Waals surface area contributed by atoms with Gasteiger partial charge < -0.3 is 5.32 Å². The van der Waals surface area contributed by atoms with Gasteiger partial charge in [-0.25, -0.2) is 0 Å². The van der Waals surface area contributed by atoms with Crippen molar-refractivity contribution in [2.45, 2.75) is 32.2 Å². The minimum Gasteiger partial charge on any atom is -0.324 e. The number of nitrogens with one attached hydrogen (secondary N) is 1. The molecule has 2 aromatic carbocycles. The van der Waals surface area contributed by atoms with Gasteiger partial charge in [0.05, 0.1) is 0 Å². The number of hydrogen-bond acceptors (Lipinski definition) is 2. The summed E-state index contributed by atoms with van der Waals surface area (Å²) in [6.07, 6.45) is 3.52. The number of piperidine rings is 1. The Hall–Kier alpha value is -1.84. The Bertz CT molecular complexity index is 693. The lowest BCUT2D eigenvalue weighted by molar-refractivity contribution is -0.122. The highest BCUT2D eigenvalue weighted by molar-refractivity contribution is 6.30. The van der Waals surface area contributed by atoms with Gasteiger partial charge in [-0.05, 0) is 68.2 Å². The summed E-state index contributed by atoms with van der Waals surface area (Å²) >= 11 is 6.01. The molecular formula is C20H23ClN2O. The molecule has 1 atom stereocenters. The standard InChI is InChI=1S/C20H23ClN2O/c1-15-6-5-7-18(14-15)22-20(24)19(23-12-3-2-4-13-23)16-8-10-17(21)11-9-16/h5-11,14,19H,2-4,12-13H2,1H3,(H,22,24). The van der Waals surface area contributed by atoms with Gasteiger partial charge in [0.1, 0.15) is 6.04 Å². The van der Waals surface area contributed by atoms with E-state index < -0.39 is 0 Å². The Kier molecular flexibility index (Phi) is 5.54. The van der Waals surface area contributed by atoms with E-state index in [1.54, 1.807) is 0 Å².